The molecule has 3 rings (SSSR count). The van der Waals surface area contributed by atoms with E-state index in [2.05, 4.69) is 20.6 Å². The zero-order valence-electron chi connectivity index (χ0n) is 15.6. The van der Waals surface area contributed by atoms with Crippen LogP contribution in [0.2, 0.25) is 5.02 Å². The van der Waals surface area contributed by atoms with E-state index in [0.29, 0.717) is 46.6 Å². The molecule has 0 saturated heterocycles. The van der Waals surface area contributed by atoms with E-state index < -0.39 is 11.7 Å². The Bertz CT molecular complexity index is 1030. The molecule has 0 aliphatic rings. The fourth-order valence-corrected chi connectivity index (χ4v) is 3.32. The summed E-state index contributed by atoms with van der Waals surface area (Å²) < 4.78 is 14.0. The fourth-order valence-electron chi connectivity index (χ4n) is 3.06. The van der Waals surface area contributed by atoms with Crippen molar-refractivity contribution in [2.45, 2.75) is 19.4 Å². The highest BCUT2D eigenvalue weighted by molar-refractivity contribution is 6.31. The van der Waals surface area contributed by atoms with Crippen LogP contribution in [0.1, 0.15) is 34.7 Å². The third kappa shape index (κ3) is 3.90. The molecular formula is C20H21ClFN5O. The first-order chi connectivity index (χ1) is 13.5. The number of primary amides is 1. The molecule has 4 N–H and O–H groups in total. The molecule has 8 heteroatoms. The van der Waals surface area contributed by atoms with Crippen molar-refractivity contribution in [3.8, 4) is 0 Å². The average molecular weight is 402 g/mol. The van der Waals surface area contributed by atoms with E-state index in [1.807, 2.05) is 13.0 Å². The summed E-state index contributed by atoms with van der Waals surface area (Å²) in [7, 11) is 1.79. The average Bonchev–Trinajstić information content (AvgIpc) is 2.69. The Morgan fingerprint density at radius 3 is 2.68 bits per heavy atom. The Morgan fingerprint density at radius 2 is 2.00 bits per heavy atom. The summed E-state index contributed by atoms with van der Waals surface area (Å²) in [5.74, 6) is 0.0555. The molecule has 0 saturated carbocycles. The third-order valence-corrected chi connectivity index (χ3v) is 4.83. The minimum absolute atomic E-state index is 0.0575. The zero-order valence-corrected chi connectivity index (χ0v) is 16.3. The number of aryl methyl sites for hydroxylation is 1. The lowest BCUT2D eigenvalue weighted by Crippen LogP contribution is -2.25. The summed E-state index contributed by atoms with van der Waals surface area (Å²) in [6, 6.07) is 9.51. The predicted molar refractivity (Wildman–Crippen MR) is 109 cm³/mol. The number of nitrogens with two attached hydrogens (primary N) is 1. The molecule has 0 fully saturated rings. The fraction of sp³-hybridized carbons (Fsp3) is 0.250. The standard InChI is InChI=1S/C20H21ClFN5O/c1-3-16-26-18-12(19(23)28)7-4-8-13(18)20(27-16)25-15(10-24-2)11-6-5-9-14(22)17(11)21/h4-9,15,24H,3,10H2,1-2H3,(H2,23,28)(H,25,26,27). The minimum Gasteiger partial charge on any atom is -0.366 e. The van der Waals surface area contributed by atoms with Crippen molar-refractivity contribution in [1.82, 2.24) is 15.3 Å². The zero-order chi connectivity index (χ0) is 20.3. The lowest BCUT2D eigenvalue weighted by molar-refractivity contribution is 0.100. The van der Waals surface area contributed by atoms with Gasteiger partial charge in [-0.05, 0) is 30.8 Å². The maximum Gasteiger partial charge on any atom is 0.250 e. The van der Waals surface area contributed by atoms with Gasteiger partial charge < -0.3 is 16.4 Å². The number of likely N-dealkylation sites (N-methyl/N-ethyl adjacent to an activating group) is 1. The van der Waals surface area contributed by atoms with Gasteiger partial charge in [-0.3, -0.25) is 4.79 Å². The van der Waals surface area contributed by atoms with E-state index in [0.717, 1.165) is 0 Å². The van der Waals surface area contributed by atoms with Crippen LogP contribution in [0, 0.1) is 5.82 Å². The third-order valence-electron chi connectivity index (χ3n) is 4.43. The van der Waals surface area contributed by atoms with Crippen LogP contribution >= 0.6 is 11.6 Å². The summed E-state index contributed by atoms with van der Waals surface area (Å²) >= 11 is 6.20. The Labute approximate surface area is 167 Å². The molecule has 0 aliphatic heterocycles. The maximum absolute atomic E-state index is 14.0. The normalized spacial score (nSPS) is 12.1. The van der Waals surface area contributed by atoms with E-state index in [1.165, 1.54) is 6.07 Å². The number of amides is 1. The van der Waals surface area contributed by atoms with E-state index in [9.17, 15) is 9.18 Å². The second-order valence-corrected chi connectivity index (χ2v) is 6.68. The van der Waals surface area contributed by atoms with Crippen LogP contribution < -0.4 is 16.4 Å². The molecule has 0 spiro atoms. The van der Waals surface area contributed by atoms with E-state index in [1.54, 1.807) is 31.3 Å². The van der Waals surface area contributed by atoms with Gasteiger partial charge in [0.2, 0.25) is 0 Å². The highest BCUT2D eigenvalue weighted by atomic mass is 35.5. The Hall–Kier alpha value is -2.77. The van der Waals surface area contributed by atoms with Gasteiger partial charge in [-0.1, -0.05) is 36.7 Å². The van der Waals surface area contributed by atoms with Crippen LogP contribution in [0.5, 0.6) is 0 Å². The second kappa shape index (κ2) is 8.50. The number of carbonyl (C=O) groups is 1. The molecule has 1 atom stereocenters. The molecule has 0 aliphatic carbocycles. The molecular weight excluding hydrogens is 381 g/mol. The Kier molecular flexibility index (Phi) is 6.06. The Balaban J connectivity index is 2.14. The number of para-hydroxylation sites is 1. The number of nitrogens with one attached hydrogen (secondary N) is 2. The van der Waals surface area contributed by atoms with Crippen LogP contribution in [0.15, 0.2) is 36.4 Å². The minimum atomic E-state index is -0.558. The molecule has 1 unspecified atom stereocenters. The van der Waals surface area contributed by atoms with Crippen molar-refractivity contribution < 1.29 is 9.18 Å². The molecule has 28 heavy (non-hydrogen) atoms. The lowest BCUT2D eigenvalue weighted by atomic mass is 10.1. The molecule has 6 nitrogen and oxygen atoms in total. The van der Waals surface area contributed by atoms with Crippen molar-refractivity contribution >= 4 is 34.2 Å². The molecule has 1 amide bonds. The number of fused-ring (bicyclic) bond motifs is 1. The van der Waals surface area contributed by atoms with Crippen molar-refractivity contribution in [2.75, 3.05) is 18.9 Å². The molecule has 3 aromatic rings. The van der Waals surface area contributed by atoms with Crippen molar-refractivity contribution in [3.05, 3.63) is 64.2 Å². The van der Waals surface area contributed by atoms with E-state index >= 15 is 0 Å². The number of halogens is 2. The van der Waals surface area contributed by atoms with Gasteiger partial charge in [0.1, 0.15) is 17.5 Å². The number of aromatic nitrogens is 2. The molecule has 2 aromatic carbocycles. The predicted octanol–water partition coefficient (Wildman–Crippen LogP) is 3.46. The van der Waals surface area contributed by atoms with E-state index in [-0.39, 0.29) is 11.1 Å². The highest BCUT2D eigenvalue weighted by Gasteiger charge is 2.20. The lowest BCUT2D eigenvalue weighted by Gasteiger charge is -2.22. The molecule has 0 bridgehead atoms. The number of hydrogen-bond acceptors (Lipinski definition) is 5. The Morgan fingerprint density at radius 1 is 1.25 bits per heavy atom. The van der Waals surface area contributed by atoms with Gasteiger partial charge in [-0.25, -0.2) is 14.4 Å². The largest absolute Gasteiger partial charge is 0.366 e. The number of carbonyl (C=O) groups excluding carboxylic acids is 1. The van der Waals surface area contributed by atoms with Crippen LogP contribution in [0.4, 0.5) is 10.2 Å². The van der Waals surface area contributed by atoms with Gasteiger partial charge in [0.25, 0.3) is 5.91 Å². The van der Waals surface area contributed by atoms with E-state index in [4.69, 9.17) is 17.3 Å². The number of rotatable bonds is 7. The summed E-state index contributed by atoms with van der Waals surface area (Å²) in [4.78, 5) is 20.9. The highest BCUT2D eigenvalue weighted by Crippen LogP contribution is 2.30. The first-order valence-corrected chi connectivity index (χ1v) is 9.28. The first kappa shape index (κ1) is 20.0. The smallest absolute Gasteiger partial charge is 0.250 e. The summed E-state index contributed by atoms with van der Waals surface area (Å²) in [6.45, 7) is 2.40. The SMILES string of the molecule is CCc1nc(NC(CNC)c2cccc(F)c2Cl)c2cccc(C(N)=O)c2n1. The van der Waals surface area contributed by atoms with Gasteiger partial charge in [0, 0.05) is 18.4 Å². The summed E-state index contributed by atoms with van der Waals surface area (Å²) in [6.07, 6.45) is 0.579. The summed E-state index contributed by atoms with van der Waals surface area (Å²) in [5, 5.41) is 7.12. The van der Waals surface area contributed by atoms with Gasteiger partial charge in [0.15, 0.2) is 0 Å². The number of anilines is 1. The quantitative estimate of drug-likeness (QED) is 0.563. The van der Waals surface area contributed by atoms with Gasteiger partial charge in [0.05, 0.1) is 22.1 Å². The first-order valence-electron chi connectivity index (χ1n) is 8.90. The van der Waals surface area contributed by atoms with Crippen LogP contribution in [0.3, 0.4) is 0 Å². The van der Waals surface area contributed by atoms with Gasteiger partial charge >= 0.3 is 0 Å². The second-order valence-electron chi connectivity index (χ2n) is 6.31. The number of benzene rings is 2. The van der Waals surface area contributed by atoms with Gasteiger partial charge in [-0.15, -0.1) is 0 Å². The van der Waals surface area contributed by atoms with Crippen LogP contribution in [-0.2, 0) is 6.42 Å². The number of nitrogens with zero attached hydrogens (tertiary/aromatic N) is 2. The van der Waals surface area contributed by atoms with Crippen LogP contribution in [-0.4, -0.2) is 29.5 Å². The molecule has 0 radical (unpaired) electrons. The van der Waals surface area contributed by atoms with Crippen molar-refractivity contribution in [3.63, 3.8) is 0 Å². The maximum atomic E-state index is 14.0. The molecule has 1 aromatic heterocycles. The van der Waals surface area contributed by atoms with Crippen molar-refractivity contribution in [1.29, 1.82) is 0 Å². The topological polar surface area (TPSA) is 92.9 Å². The monoisotopic (exact) mass is 401 g/mol. The number of hydrogen-bond donors (Lipinski definition) is 3. The van der Waals surface area contributed by atoms with Gasteiger partial charge in [-0.2, -0.15) is 0 Å². The summed E-state index contributed by atoms with van der Waals surface area (Å²) in [5.41, 5.74) is 6.92. The van der Waals surface area contributed by atoms with Crippen LogP contribution in [0.25, 0.3) is 10.9 Å². The molecule has 1 heterocycles. The molecule has 146 valence electrons. The van der Waals surface area contributed by atoms with Crippen molar-refractivity contribution in [2.24, 2.45) is 5.73 Å².